The molecule has 0 spiro atoms. The third kappa shape index (κ3) is 11.4. The first kappa shape index (κ1) is 47.4. The molecule has 0 N–H and O–H groups in total. The van der Waals surface area contributed by atoms with Crippen LogP contribution < -0.4 is 9.64 Å². The quantitative estimate of drug-likeness (QED) is 0.0635. The van der Waals surface area contributed by atoms with Crippen LogP contribution in [-0.4, -0.2) is 85.9 Å². The highest BCUT2D eigenvalue weighted by atomic mass is 79.9. The lowest BCUT2D eigenvalue weighted by Crippen LogP contribution is -2.46. The fraction of sp³-hybridized carbons (Fsp3) is 0.574. The summed E-state index contributed by atoms with van der Waals surface area (Å²) in [7, 11) is 1.38. The summed E-state index contributed by atoms with van der Waals surface area (Å²) >= 11 is 3.96. The van der Waals surface area contributed by atoms with Crippen LogP contribution in [0.5, 0.6) is 5.75 Å². The Kier molecular flexibility index (Phi) is 16.6. The zero-order valence-electron chi connectivity index (χ0n) is 37.1. The van der Waals surface area contributed by atoms with Gasteiger partial charge >= 0.3 is 5.97 Å². The average molecular weight is 901 g/mol. The molecule has 330 valence electrons. The summed E-state index contributed by atoms with van der Waals surface area (Å²) in [6, 6.07) is 9.84. The van der Waals surface area contributed by atoms with Gasteiger partial charge in [-0.2, -0.15) is 0 Å². The number of nitrogens with zero attached hydrogens (tertiary/aromatic N) is 3. The Bertz CT molecular complexity index is 2080. The van der Waals surface area contributed by atoms with Crippen molar-refractivity contribution in [3.8, 4) is 28.1 Å². The maximum absolute atomic E-state index is 14.7. The van der Waals surface area contributed by atoms with Crippen molar-refractivity contribution < 1.29 is 42.0 Å². The number of carbonyl (C=O) groups excluding carboxylic acids is 1. The van der Waals surface area contributed by atoms with Crippen molar-refractivity contribution >= 4 is 33.4 Å². The molecule has 0 radical (unpaired) electrons. The number of anilines is 1. The van der Waals surface area contributed by atoms with Crippen LogP contribution in [0.3, 0.4) is 0 Å². The van der Waals surface area contributed by atoms with Crippen LogP contribution in [0.4, 0.5) is 14.6 Å². The number of imidazole rings is 1. The highest BCUT2D eigenvalue weighted by Gasteiger charge is 2.39. The number of piperidine rings is 1. The lowest BCUT2D eigenvalue weighted by Gasteiger charge is -2.42. The van der Waals surface area contributed by atoms with E-state index in [1.54, 1.807) is 0 Å². The third-order valence-corrected chi connectivity index (χ3v) is 11.7. The van der Waals surface area contributed by atoms with Gasteiger partial charge in [0, 0.05) is 42.5 Å². The summed E-state index contributed by atoms with van der Waals surface area (Å²) in [4.78, 5) is 21.3. The van der Waals surface area contributed by atoms with Crippen LogP contribution in [0, 0.1) is 25.5 Å². The van der Waals surface area contributed by atoms with Crippen LogP contribution in [-0.2, 0) is 28.5 Å². The molecule has 2 atom stereocenters. The maximum Gasteiger partial charge on any atom is 0.339 e. The topological polar surface area (TPSA) is 93.0 Å². The number of hydrogen-bond acceptors (Lipinski definition) is 9. The number of unbranched alkanes of at least 4 members (excludes halogenated alkanes) is 2. The Morgan fingerprint density at radius 3 is 2.28 bits per heavy atom. The Hall–Kier alpha value is -3.62. The van der Waals surface area contributed by atoms with Crippen molar-refractivity contribution in [1.82, 2.24) is 9.38 Å². The van der Waals surface area contributed by atoms with Crippen LogP contribution in [0.25, 0.3) is 28.0 Å². The van der Waals surface area contributed by atoms with Gasteiger partial charge in [-0.25, -0.2) is 18.6 Å². The summed E-state index contributed by atoms with van der Waals surface area (Å²) in [6.45, 7) is 21.9. The molecule has 3 heterocycles. The van der Waals surface area contributed by atoms with Crippen LogP contribution in [0.1, 0.15) is 110 Å². The molecular formula is C47H64BrF2N3O7. The van der Waals surface area contributed by atoms with E-state index in [0.29, 0.717) is 72.2 Å². The molecule has 4 aromatic rings. The highest BCUT2D eigenvalue weighted by molar-refractivity contribution is 9.10. The molecule has 2 aromatic carbocycles. The number of aryl methyl sites for hydroxylation is 1. The predicted octanol–water partition coefficient (Wildman–Crippen LogP) is 11.1. The molecule has 0 saturated carbocycles. The molecular weight excluding hydrogens is 836 g/mol. The lowest BCUT2D eigenvalue weighted by atomic mass is 9.92. The van der Waals surface area contributed by atoms with Gasteiger partial charge in [-0.3, -0.25) is 4.40 Å². The summed E-state index contributed by atoms with van der Waals surface area (Å²) in [5.41, 5.74) is 4.53. The number of halogens is 3. The van der Waals surface area contributed by atoms with Crippen LogP contribution in [0.15, 0.2) is 41.0 Å². The summed E-state index contributed by atoms with van der Waals surface area (Å²) in [5, 5.41) is 0. The Morgan fingerprint density at radius 1 is 0.950 bits per heavy atom. The summed E-state index contributed by atoms with van der Waals surface area (Å²) < 4.78 is 68.0. The van der Waals surface area contributed by atoms with Gasteiger partial charge in [-0.1, -0.05) is 44.9 Å². The van der Waals surface area contributed by atoms with Gasteiger partial charge in [0.25, 0.3) is 0 Å². The summed E-state index contributed by atoms with van der Waals surface area (Å²) in [6.07, 6.45) is 4.25. The number of benzene rings is 2. The van der Waals surface area contributed by atoms with E-state index < -0.39 is 29.3 Å². The molecule has 10 nitrogen and oxygen atoms in total. The Balaban J connectivity index is 1.54. The van der Waals surface area contributed by atoms with Gasteiger partial charge < -0.3 is 33.3 Å². The number of hydrogen-bond donors (Lipinski definition) is 0. The molecule has 0 bridgehead atoms. The number of carbonyl (C=O) groups is 1. The smallest absolute Gasteiger partial charge is 0.339 e. The second-order valence-corrected chi connectivity index (χ2v) is 17.7. The van der Waals surface area contributed by atoms with Gasteiger partial charge in [0.05, 0.1) is 50.8 Å². The predicted molar refractivity (Wildman–Crippen MR) is 236 cm³/mol. The van der Waals surface area contributed by atoms with E-state index in [2.05, 4.69) is 39.1 Å². The van der Waals surface area contributed by atoms with Crippen molar-refractivity contribution in [2.45, 2.75) is 124 Å². The van der Waals surface area contributed by atoms with E-state index in [1.807, 2.05) is 72.7 Å². The minimum atomic E-state index is -1.04. The van der Waals surface area contributed by atoms with E-state index in [1.165, 1.54) is 13.2 Å². The SMILES string of the molecule is CCCCOc1cc(F)c(F)cc1-c1cccc(-c2nc3c(C)c(C)c([C@H](OC(C)(C)C)C(=O)OC)c(N4CCC(C)(OCCOC[C@@H](C)OCCCC)CC4)n3c2Br)c1. The standard InChI is InChI=1S/C47H64BrF2N3O7/c1-11-13-22-57-30(3)29-56-24-25-59-47(9)18-20-52(21-19-47)44-39(41(45(54)55-10)60-46(6,7)8)31(4)32(5)43-51-40(42(48)53(43)44)34-17-15-16-33(26-34)35-27-36(49)37(50)28-38(35)58-23-14-12-2/h15-17,26-28,30,41H,11-14,18-25,29H2,1-10H3/t30-,41+/m1/s1. The largest absolute Gasteiger partial charge is 0.493 e. The fourth-order valence-corrected chi connectivity index (χ4v) is 8.10. The third-order valence-electron chi connectivity index (χ3n) is 11.0. The highest BCUT2D eigenvalue weighted by Crippen LogP contribution is 2.44. The van der Waals surface area contributed by atoms with Crippen molar-refractivity contribution in [1.29, 1.82) is 0 Å². The normalized spacial score (nSPS) is 15.4. The zero-order chi connectivity index (χ0) is 43.8. The maximum atomic E-state index is 14.7. The number of fused-ring (bicyclic) bond motifs is 1. The van der Waals surface area contributed by atoms with E-state index >= 15 is 0 Å². The molecule has 0 aliphatic carbocycles. The number of aromatic nitrogens is 2. The molecule has 13 heteroatoms. The van der Waals surface area contributed by atoms with Crippen molar-refractivity contribution in [2.75, 3.05) is 58.1 Å². The number of esters is 1. The summed E-state index contributed by atoms with van der Waals surface area (Å²) in [5.74, 6) is -1.38. The molecule has 60 heavy (non-hydrogen) atoms. The Labute approximate surface area is 363 Å². The molecule has 0 amide bonds. The minimum Gasteiger partial charge on any atom is -0.493 e. The monoisotopic (exact) mass is 899 g/mol. The van der Waals surface area contributed by atoms with Gasteiger partial charge in [-0.15, -0.1) is 0 Å². The lowest BCUT2D eigenvalue weighted by molar-refractivity contribution is -0.164. The molecule has 0 unspecified atom stereocenters. The van der Waals surface area contributed by atoms with Crippen LogP contribution >= 0.6 is 15.9 Å². The number of methoxy groups -OCH3 is 1. The average Bonchev–Trinajstić information content (AvgIpc) is 3.56. The number of rotatable bonds is 20. The van der Waals surface area contributed by atoms with Gasteiger partial charge in [0.2, 0.25) is 0 Å². The van der Waals surface area contributed by atoms with Gasteiger partial charge in [0.15, 0.2) is 17.7 Å². The molecule has 5 rings (SSSR count). The van der Waals surface area contributed by atoms with E-state index in [-0.39, 0.29) is 17.5 Å². The van der Waals surface area contributed by atoms with Crippen LogP contribution in [0.2, 0.25) is 0 Å². The second-order valence-electron chi connectivity index (χ2n) is 17.0. The van der Waals surface area contributed by atoms with E-state index in [0.717, 1.165) is 73.7 Å². The number of ether oxygens (including phenoxy) is 6. The minimum absolute atomic E-state index is 0.0320. The van der Waals surface area contributed by atoms with E-state index in [4.69, 9.17) is 33.4 Å². The van der Waals surface area contributed by atoms with Crippen molar-refractivity contribution in [3.05, 3.63) is 69.3 Å². The van der Waals surface area contributed by atoms with Crippen molar-refractivity contribution in [2.24, 2.45) is 0 Å². The molecule has 1 saturated heterocycles. The molecule has 2 aromatic heterocycles. The first-order chi connectivity index (χ1) is 28.5. The fourth-order valence-electron chi connectivity index (χ4n) is 7.44. The molecule has 1 fully saturated rings. The van der Waals surface area contributed by atoms with E-state index in [9.17, 15) is 13.6 Å². The van der Waals surface area contributed by atoms with Gasteiger partial charge in [0.1, 0.15) is 27.5 Å². The van der Waals surface area contributed by atoms with Crippen molar-refractivity contribution in [3.63, 3.8) is 0 Å². The Morgan fingerprint density at radius 2 is 1.62 bits per heavy atom. The first-order valence-electron chi connectivity index (χ1n) is 21.3. The first-order valence-corrected chi connectivity index (χ1v) is 22.1. The molecule has 1 aliphatic heterocycles. The van der Waals surface area contributed by atoms with Gasteiger partial charge in [-0.05, 0) is 119 Å². The zero-order valence-corrected chi connectivity index (χ0v) is 38.7. The molecule has 1 aliphatic rings. The second kappa shape index (κ2) is 21.0. The number of pyridine rings is 1.